The Morgan fingerprint density at radius 2 is 0.944 bits per heavy atom. The quantitative estimate of drug-likeness (QED) is 0.0214. The fourth-order valence-electron chi connectivity index (χ4n) is 6.24. The fraction of sp³-hybridized carbons (Fsp3) is 0.909. The number of phosphoric ester groups is 1. The molecule has 10 heteroatoms. The Morgan fingerprint density at radius 1 is 0.556 bits per heavy atom. The van der Waals surface area contributed by atoms with Crippen molar-refractivity contribution in [2.24, 2.45) is 0 Å². The van der Waals surface area contributed by atoms with Gasteiger partial charge in [0.1, 0.15) is 19.8 Å². The highest BCUT2D eigenvalue weighted by Crippen LogP contribution is 2.43. The molecule has 0 aromatic heterocycles. The largest absolute Gasteiger partial charge is 0.472 e. The van der Waals surface area contributed by atoms with Gasteiger partial charge in [0.15, 0.2) is 6.10 Å². The first-order valence-corrected chi connectivity index (χ1v) is 23.9. The molecular formula is C44H87NO8P+. The maximum absolute atomic E-state index is 12.7. The number of carbonyl (C=O) groups is 2. The van der Waals surface area contributed by atoms with E-state index in [-0.39, 0.29) is 25.6 Å². The van der Waals surface area contributed by atoms with Gasteiger partial charge in [0, 0.05) is 12.8 Å². The highest BCUT2D eigenvalue weighted by atomic mass is 31.2. The average molecular weight is 789 g/mol. The number of allylic oxidation sites excluding steroid dienone is 2. The van der Waals surface area contributed by atoms with E-state index >= 15 is 0 Å². The molecule has 0 amide bonds. The molecule has 0 heterocycles. The summed E-state index contributed by atoms with van der Waals surface area (Å²) in [7, 11) is 1.48. The van der Waals surface area contributed by atoms with Crippen molar-refractivity contribution in [2.75, 3.05) is 47.5 Å². The predicted octanol–water partition coefficient (Wildman–Crippen LogP) is 12.6. The van der Waals surface area contributed by atoms with Crippen molar-refractivity contribution in [2.45, 2.75) is 213 Å². The van der Waals surface area contributed by atoms with Crippen LogP contribution >= 0.6 is 7.82 Å². The number of esters is 2. The normalized spacial score (nSPS) is 13.7. The Hall–Kier alpha value is -1.25. The summed E-state index contributed by atoms with van der Waals surface area (Å²) in [5.41, 5.74) is 0. The minimum atomic E-state index is -4.37. The molecule has 0 aliphatic heterocycles. The van der Waals surface area contributed by atoms with Crippen LogP contribution in [-0.2, 0) is 32.7 Å². The second-order valence-corrected chi connectivity index (χ2v) is 17.9. The van der Waals surface area contributed by atoms with E-state index in [9.17, 15) is 19.0 Å². The van der Waals surface area contributed by atoms with Crippen molar-refractivity contribution in [3.8, 4) is 0 Å². The van der Waals surface area contributed by atoms with E-state index in [1.165, 1.54) is 128 Å². The topological polar surface area (TPSA) is 108 Å². The number of carbonyl (C=O) groups excluding carboxylic acids is 2. The van der Waals surface area contributed by atoms with Crippen molar-refractivity contribution < 1.29 is 42.1 Å². The first-order chi connectivity index (χ1) is 26.0. The molecule has 54 heavy (non-hydrogen) atoms. The molecule has 0 rings (SSSR count). The zero-order valence-corrected chi connectivity index (χ0v) is 36.9. The van der Waals surface area contributed by atoms with Crippen LogP contribution in [0.4, 0.5) is 0 Å². The summed E-state index contributed by atoms with van der Waals surface area (Å²) in [5, 5.41) is 0. The van der Waals surface area contributed by atoms with E-state index in [0.29, 0.717) is 23.9 Å². The lowest BCUT2D eigenvalue weighted by Crippen LogP contribution is -2.37. The molecule has 1 N–H and O–H groups in total. The van der Waals surface area contributed by atoms with E-state index < -0.39 is 26.5 Å². The van der Waals surface area contributed by atoms with E-state index in [1.54, 1.807) is 0 Å². The van der Waals surface area contributed by atoms with Crippen molar-refractivity contribution in [3.05, 3.63) is 12.2 Å². The number of likely N-dealkylation sites (N-methyl/N-ethyl adjacent to an activating group) is 1. The molecule has 320 valence electrons. The van der Waals surface area contributed by atoms with Crippen LogP contribution in [-0.4, -0.2) is 74.9 Å². The maximum Gasteiger partial charge on any atom is 0.472 e. The molecule has 2 atom stereocenters. The third kappa shape index (κ3) is 40.4. The summed E-state index contributed by atoms with van der Waals surface area (Å²) < 4.78 is 34.3. The molecule has 0 aromatic rings. The van der Waals surface area contributed by atoms with Crippen molar-refractivity contribution in [1.82, 2.24) is 0 Å². The molecular weight excluding hydrogens is 701 g/mol. The minimum absolute atomic E-state index is 0.0321. The van der Waals surface area contributed by atoms with Gasteiger partial charge in [-0.1, -0.05) is 167 Å². The Bertz CT molecular complexity index is 938. The van der Waals surface area contributed by atoms with Crippen molar-refractivity contribution in [3.63, 3.8) is 0 Å². The molecule has 0 aromatic carbocycles. The van der Waals surface area contributed by atoms with E-state index in [1.807, 2.05) is 21.1 Å². The van der Waals surface area contributed by atoms with Gasteiger partial charge in [-0.25, -0.2) is 4.57 Å². The Labute approximate surface area is 333 Å². The highest BCUT2D eigenvalue weighted by Gasteiger charge is 2.27. The average Bonchev–Trinajstić information content (AvgIpc) is 3.12. The number of hydrogen-bond donors (Lipinski definition) is 1. The molecule has 0 bridgehead atoms. The van der Waals surface area contributed by atoms with Crippen LogP contribution in [0.25, 0.3) is 0 Å². The van der Waals surface area contributed by atoms with Crippen molar-refractivity contribution >= 4 is 19.8 Å². The van der Waals surface area contributed by atoms with Crippen LogP contribution in [0.1, 0.15) is 206 Å². The standard InChI is InChI=1S/C44H86NO8P/c1-6-8-10-12-14-16-18-20-21-22-23-25-26-28-30-32-34-36-43(46)50-40-42(41-52-54(48,49)51-39-38-45(3,4)5)53-44(47)37-35-33-31-29-27-24-19-17-15-13-11-9-7-2/h24,27,42H,6-23,25-26,28-41H2,1-5H3/p+1/b27-24+/t42-/m1/s1. The number of nitrogens with zero attached hydrogens (tertiary/aromatic N) is 1. The van der Waals surface area contributed by atoms with Crippen LogP contribution in [0.2, 0.25) is 0 Å². The molecule has 9 nitrogen and oxygen atoms in total. The van der Waals surface area contributed by atoms with Crippen LogP contribution in [0.15, 0.2) is 12.2 Å². The summed E-state index contributed by atoms with van der Waals surface area (Å²) in [6, 6.07) is 0. The van der Waals surface area contributed by atoms with Gasteiger partial charge in [0.05, 0.1) is 27.7 Å². The smallest absolute Gasteiger partial charge is 0.462 e. The second kappa shape index (κ2) is 37.3. The predicted molar refractivity (Wildman–Crippen MR) is 224 cm³/mol. The molecule has 0 aliphatic rings. The number of ether oxygens (including phenoxy) is 2. The van der Waals surface area contributed by atoms with Gasteiger partial charge in [-0.15, -0.1) is 0 Å². The Kier molecular flexibility index (Phi) is 36.5. The second-order valence-electron chi connectivity index (χ2n) is 16.4. The molecule has 0 saturated heterocycles. The SMILES string of the molecule is CCCCCCCC/C=C/CCCCCC(=O)O[C@H](COC(=O)CCCCCCCCCCCCCCCCCCC)COP(=O)(O)OCC[N+](C)(C)C. The number of unbranched alkanes of at least 4 members (excludes halogenated alkanes) is 25. The van der Waals surface area contributed by atoms with Crippen LogP contribution in [0.5, 0.6) is 0 Å². The molecule has 0 aliphatic carbocycles. The van der Waals surface area contributed by atoms with Gasteiger partial charge >= 0.3 is 19.8 Å². The summed E-state index contributed by atoms with van der Waals surface area (Å²) in [5.74, 6) is -0.807. The molecule has 0 saturated carbocycles. The first kappa shape index (κ1) is 52.8. The van der Waals surface area contributed by atoms with Crippen LogP contribution < -0.4 is 0 Å². The summed E-state index contributed by atoms with van der Waals surface area (Å²) in [6.45, 7) is 4.42. The number of quaternary nitrogens is 1. The van der Waals surface area contributed by atoms with Gasteiger partial charge in [0.2, 0.25) is 0 Å². The number of rotatable bonds is 41. The highest BCUT2D eigenvalue weighted by molar-refractivity contribution is 7.47. The minimum Gasteiger partial charge on any atom is -0.462 e. The van der Waals surface area contributed by atoms with E-state index in [4.69, 9.17) is 18.5 Å². The lowest BCUT2D eigenvalue weighted by atomic mass is 10.0. The van der Waals surface area contributed by atoms with Gasteiger partial charge in [-0.2, -0.15) is 0 Å². The maximum atomic E-state index is 12.7. The summed E-state index contributed by atoms with van der Waals surface area (Å²) in [4.78, 5) is 35.3. The molecule has 1 unspecified atom stereocenters. The van der Waals surface area contributed by atoms with Crippen LogP contribution in [0, 0.1) is 0 Å². The molecule has 0 fully saturated rings. The molecule has 0 radical (unpaired) electrons. The lowest BCUT2D eigenvalue weighted by molar-refractivity contribution is -0.870. The van der Waals surface area contributed by atoms with Gasteiger partial charge in [0.25, 0.3) is 0 Å². The number of hydrogen-bond acceptors (Lipinski definition) is 7. The van der Waals surface area contributed by atoms with Gasteiger partial charge < -0.3 is 18.9 Å². The van der Waals surface area contributed by atoms with Gasteiger partial charge in [-0.05, 0) is 38.5 Å². The van der Waals surface area contributed by atoms with Gasteiger partial charge in [-0.3, -0.25) is 18.6 Å². The zero-order chi connectivity index (χ0) is 40.0. The third-order valence-corrected chi connectivity index (χ3v) is 10.8. The first-order valence-electron chi connectivity index (χ1n) is 22.4. The monoisotopic (exact) mass is 789 g/mol. The summed E-state index contributed by atoms with van der Waals surface area (Å²) >= 11 is 0. The number of phosphoric acid groups is 1. The fourth-order valence-corrected chi connectivity index (χ4v) is 6.99. The van der Waals surface area contributed by atoms with E-state index in [2.05, 4.69) is 26.0 Å². The zero-order valence-electron chi connectivity index (χ0n) is 36.0. The Morgan fingerprint density at radius 3 is 1.39 bits per heavy atom. The molecule has 0 spiro atoms. The van der Waals surface area contributed by atoms with E-state index in [0.717, 1.165) is 44.9 Å². The Balaban J connectivity index is 4.32. The van der Waals surface area contributed by atoms with Crippen LogP contribution in [0.3, 0.4) is 0 Å². The van der Waals surface area contributed by atoms with Crippen molar-refractivity contribution in [1.29, 1.82) is 0 Å². The third-order valence-electron chi connectivity index (χ3n) is 9.80. The summed E-state index contributed by atoms with van der Waals surface area (Å²) in [6.07, 6.45) is 38.3. The lowest BCUT2D eigenvalue weighted by Gasteiger charge is -2.24.